The third-order valence-electron chi connectivity index (χ3n) is 6.02. The summed E-state index contributed by atoms with van der Waals surface area (Å²) in [6, 6.07) is 14.6. The molecule has 2 aromatic rings. The molecule has 168 valence electrons. The van der Waals surface area contributed by atoms with Gasteiger partial charge in [0, 0.05) is 31.5 Å². The Morgan fingerprint density at radius 2 is 1.94 bits per heavy atom. The lowest BCUT2D eigenvalue weighted by Gasteiger charge is -2.32. The van der Waals surface area contributed by atoms with Gasteiger partial charge in [-0.25, -0.2) is 0 Å². The van der Waals surface area contributed by atoms with Gasteiger partial charge in [0.1, 0.15) is 17.1 Å². The van der Waals surface area contributed by atoms with Crippen molar-refractivity contribution >= 4 is 17.7 Å². The highest BCUT2D eigenvalue weighted by Crippen LogP contribution is 2.33. The summed E-state index contributed by atoms with van der Waals surface area (Å²) in [5.74, 6) is 0.717. The van der Waals surface area contributed by atoms with Crippen molar-refractivity contribution in [3.63, 3.8) is 0 Å². The quantitative estimate of drug-likeness (QED) is 0.745. The lowest BCUT2D eigenvalue weighted by molar-refractivity contribution is -0.135. The molecule has 8 heteroatoms. The Bertz CT molecular complexity index is 1020. The van der Waals surface area contributed by atoms with Gasteiger partial charge in [-0.2, -0.15) is 0 Å². The highest BCUT2D eigenvalue weighted by molar-refractivity contribution is 5.97. The zero-order chi connectivity index (χ0) is 22.6. The van der Waals surface area contributed by atoms with E-state index in [1.165, 1.54) is 0 Å². The zero-order valence-corrected chi connectivity index (χ0v) is 18.1. The van der Waals surface area contributed by atoms with Gasteiger partial charge in [0.25, 0.3) is 5.91 Å². The number of amides is 3. The van der Waals surface area contributed by atoms with E-state index >= 15 is 0 Å². The van der Waals surface area contributed by atoms with Gasteiger partial charge in [-0.1, -0.05) is 30.3 Å². The summed E-state index contributed by atoms with van der Waals surface area (Å²) in [5, 5.41) is 5.78. The second-order valence-electron chi connectivity index (χ2n) is 8.12. The van der Waals surface area contributed by atoms with Crippen LogP contribution in [0.15, 0.2) is 48.5 Å². The number of benzene rings is 2. The van der Waals surface area contributed by atoms with Crippen LogP contribution in [0.5, 0.6) is 11.5 Å². The first-order valence-electron chi connectivity index (χ1n) is 10.7. The number of hydrogen-bond acceptors (Lipinski definition) is 5. The summed E-state index contributed by atoms with van der Waals surface area (Å²) in [7, 11) is 1.59. The van der Waals surface area contributed by atoms with E-state index in [1.807, 2.05) is 30.3 Å². The van der Waals surface area contributed by atoms with E-state index in [9.17, 15) is 14.4 Å². The monoisotopic (exact) mass is 437 g/mol. The maximum Gasteiger partial charge on any atom is 0.255 e. The number of rotatable bonds is 5. The molecule has 1 fully saturated rings. The standard InChI is InChI=1S/C24H27N3O5/c1-31-19-8-4-2-6-17(19)14-25-21(28)15-27-13-12-24(11-10-22(27)29)16-26-23(30)18-7-3-5-9-20(18)32-24/h2-9H,10-16H2,1H3,(H,25,28)(H,26,30). The number of fused-ring (bicyclic) bond motifs is 1. The Morgan fingerprint density at radius 1 is 1.16 bits per heavy atom. The van der Waals surface area contributed by atoms with Crippen LogP contribution in [-0.2, 0) is 16.1 Å². The molecule has 4 rings (SSSR count). The van der Waals surface area contributed by atoms with Gasteiger partial charge in [-0.3, -0.25) is 14.4 Å². The molecule has 0 bridgehead atoms. The predicted octanol–water partition coefficient (Wildman–Crippen LogP) is 1.89. The van der Waals surface area contributed by atoms with Gasteiger partial charge in [-0.05, 0) is 24.6 Å². The van der Waals surface area contributed by atoms with Crippen molar-refractivity contribution in [1.29, 1.82) is 0 Å². The second-order valence-corrected chi connectivity index (χ2v) is 8.12. The molecule has 1 saturated heterocycles. The van der Waals surface area contributed by atoms with Crippen LogP contribution in [0.1, 0.15) is 35.2 Å². The summed E-state index contributed by atoms with van der Waals surface area (Å²) in [6.07, 6.45) is 1.24. The van der Waals surface area contributed by atoms with E-state index in [0.29, 0.717) is 49.5 Å². The Hall–Kier alpha value is -3.55. The van der Waals surface area contributed by atoms with Crippen molar-refractivity contribution in [3.05, 3.63) is 59.7 Å². The maximum absolute atomic E-state index is 12.7. The molecule has 32 heavy (non-hydrogen) atoms. The molecule has 1 unspecified atom stereocenters. The molecule has 0 saturated carbocycles. The van der Waals surface area contributed by atoms with Gasteiger partial charge >= 0.3 is 0 Å². The first-order valence-corrected chi connectivity index (χ1v) is 10.7. The van der Waals surface area contributed by atoms with Crippen LogP contribution in [0.3, 0.4) is 0 Å². The first-order chi connectivity index (χ1) is 15.5. The van der Waals surface area contributed by atoms with Crippen molar-refractivity contribution in [3.8, 4) is 11.5 Å². The summed E-state index contributed by atoms with van der Waals surface area (Å²) < 4.78 is 11.6. The van der Waals surface area contributed by atoms with Crippen LogP contribution in [0.25, 0.3) is 0 Å². The van der Waals surface area contributed by atoms with E-state index in [1.54, 1.807) is 30.2 Å². The molecule has 0 radical (unpaired) electrons. The second kappa shape index (κ2) is 9.30. The summed E-state index contributed by atoms with van der Waals surface area (Å²) in [5.41, 5.74) is 0.680. The van der Waals surface area contributed by atoms with E-state index in [4.69, 9.17) is 9.47 Å². The number of nitrogens with zero attached hydrogens (tertiary/aromatic N) is 1. The highest BCUT2D eigenvalue weighted by Gasteiger charge is 2.40. The minimum Gasteiger partial charge on any atom is -0.496 e. The molecule has 8 nitrogen and oxygen atoms in total. The Labute approximate surface area is 186 Å². The Kier molecular flexibility index (Phi) is 6.30. The fourth-order valence-electron chi connectivity index (χ4n) is 4.15. The number of methoxy groups -OCH3 is 1. The third-order valence-corrected chi connectivity index (χ3v) is 6.02. The molecule has 2 heterocycles. The van der Waals surface area contributed by atoms with E-state index in [2.05, 4.69) is 10.6 Å². The van der Waals surface area contributed by atoms with Crippen LogP contribution in [0, 0.1) is 0 Å². The topological polar surface area (TPSA) is 97.0 Å². The Balaban J connectivity index is 1.39. The van der Waals surface area contributed by atoms with Crippen LogP contribution in [0.2, 0.25) is 0 Å². The molecular weight excluding hydrogens is 410 g/mol. The number of carbonyl (C=O) groups excluding carboxylic acids is 3. The van der Waals surface area contributed by atoms with Crippen LogP contribution < -0.4 is 20.1 Å². The minimum absolute atomic E-state index is 0.0208. The van der Waals surface area contributed by atoms with Gasteiger partial charge in [0.2, 0.25) is 11.8 Å². The number of carbonyl (C=O) groups is 3. The Morgan fingerprint density at radius 3 is 2.78 bits per heavy atom. The van der Waals surface area contributed by atoms with Crippen LogP contribution in [0.4, 0.5) is 0 Å². The molecule has 1 atom stereocenters. The van der Waals surface area contributed by atoms with E-state index in [-0.39, 0.29) is 30.7 Å². The fourth-order valence-corrected chi connectivity index (χ4v) is 4.15. The van der Waals surface area contributed by atoms with Crippen molar-refractivity contribution in [2.24, 2.45) is 0 Å². The molecule has 1 spiro atoms. The van der Waals surface area contributed by atoms with Gasteiger partial charge in [-0.15, -0.1) is 0 Å². The molecule has 2 N–H and O–H groups in total. The number of nitrogens with one attached hydrogen (secondary N) is 2. The fraction of sp³-hybridized carbons (Fsp3) is 0.375. The number of ether oxygens (including phenoxy) is 2. The number of likely N-dealkylation sites (tertiary alicyclic amines) is 1. The average molecular weight is 437 g/mol. The number of para-hydroxylation sites is 2. The van der Waals surface area contributed by atoms with Crippen LogP contribution in [-0.4, -0.2) is 55.0 Å². The van der Waals surface area contributed by atoms with Crippen molar-refractivity contribution in [2.75, 3.05) is 26.7 Å². The normalized spacial score (nSPS) is 20.5. The lowest BCUT2D eigenvalue weighted by atomic mass is 9.94. The molecular formula is C24H27N3O5. The summed E-state index contributed by atoms with van der Waals surface area (Å²) >= 11 is 0. The van der Waals surface area contributed by atoms with E-state index in [0.717, 1.165) is 5.56 Å². The van der Waals surface area contributed by atoms with Gasteiger partial charge < -0.3 is 25.0 Å². The van der Waals surface area contributed by atoms with Crippen molar-refractivity contribution in [2.45, 2.75) is 31.4 Å². The lowest BCUT2D eigenvalue weighted by Crippen LogP contribution is -2.46. The molecule has 2 aliphatic rings. The van der Waals surface area contributed by atoms with Gasteiger partial charge in [0.15, 0.2) is 0 Å². The average Bonchev–Trinajstić information content (AvgIpc) is 3.05. The molecule has 0 aliphatic carbocycles. The van der Waals surface area contributed by atoms with Crippen LogP contribution >= 0.6 is 0 Å². The molecule has 3 amide bonds. The first kappa shape index (κ1) is 21.7. The van der Waals surface area contributed by atoms with E-state index < -0.39 is 5.60 Å². The minimum atomic E-state index is -0.680. The predicted molar refractivity (Wildman–Crippen MR) is 117 cm³/mol. The maximum atomic E-state index is 12.7. The third kappa shape index (κ3) is 4.69. The molecule has 2 aliphatic heterocycles. The molecule has 2 aromatic carbocycles. The summed E-state index contributed by atoms with van der Waals surface area (Å²) in [4.78, 5) is 39.2. The van der Waals surface area contributed by atoms with Crippen molar-refractivity contribution in [1.82, 2.24) is 15.5 Å². The van der Waals surface area contributed by atoms with Crippen molar-refractivity contribution < 1.29 is 23.9 Å². The largest absolute Gasteiger partial charge is 0.496 e. The smallest absolute Gasteiger partial charge is 0.255 e. The number of hydrogen-bond donors (Lipinski definition) is 2. The summed E-state index contributed by atoms with van der Waals surface area (Å²) in [6.45, 7) is 0.994. The van der Waals surface area contributed by atoms with Gasteiger partial charge in [0.05, 0.1) is 25.8 Å². The highest BCUT2D eigenvalue weighted by atomic mass is 16.5. The SMILES string of the molecule is COc1ccccc1CNC(=O)CN1CCC2(CCC1=O)CNC(=O)c1ccccc1O2. The molecule has 0 aromatic heterocycles. The zero-order valence-electron chi connectivity index (χ0n) is 18.1.